The van der Waals surface area contributed by atoms with Crippen LogP contribution in [0.3, 0.4) is 0 Å². The van der Waals surface area contributed by atoms with Gasteiger partial charge in [-0.1, -0.05) is 13.8 Å². The summed E-state index contributed by atoms with van der Waals surface area (Å²) >= 11 is 0. The van der Waals surface area contributed by atoms with Gasteiger partial charge in [-0.15, -0.1) is 0 Å². The van der Waals surface area contributed by atoms with Gasteiger partial charge in [0.05, 0.1) is 18.4 Å². The third-order valence-corrected chi connectivity index (χ3v) is 2.51. The van der Waals surface area contributed by atoms with E-state index in [1.54, 1.807) is 20.8 Å². The summed E-state index contributed by atoms with van der Waals surface area (Å²) in [6.07, 6.45) is 2.34. The predicted molar refractivity (Wildman–Crippen MR) is 84.7 cm³/mol. The van der Waals surface area contributed by atoms with Gasteiger partial charge in [-0.05, 0) is 34.6 Å². The van der Waals surface area contributed by atoms with E-state index in [-0.39, 0.29) is 12.3 Å². The SMILES string of the molecule is CC.CC(=O)[C@@](C)(O)Cn1cc(NC(=O)OC(C)(C)C)cn1. The van der Waals surface area contributed by atoms with Crippen molar-refractivity contribution < 1.29 is 19.4 Å². The topological polar surface area (TPSA) is 93.5 Å². The fourth-order valence-corrected chi connectivity index (χ4v) is 1.36. The number of rotatable bonds is 4. The molecule has 0 fully saturated rings. The lowest BCUT2D eigenvalue weighted by Gasteiger charge is -2.19. The van der Waals surface area contributed by atoms with Crippen LogP contribution in [-0.4, -0.2) is 38.0 Å². The standard InChI is InChI=1S/C13H21N3O4.C2H6/c1-9(17)13(5,19)8-16-7-10(6-14-16)15-11(18)20-12(2,3)4;1-2/h6-7,19H,8H2,1-5H3,(H,15,18);1-2H3/t13-;/m0./s1. The Hall–Kier alpha value is -1.89. The van der Waals surface area contributed by atoms with Crippen LogP contribution in [0, 0.1) is 0 Å². The molecule has 7 nitrogen and oxygen atoms in total. The second-order valence-corrected chi connectivity index (χ2v) is 5.88. The third-order valence-electron chi connectivity index (χ3n) is 2.51. The number of anilines is 1. The van der Waals surface area contributed by atoms with E-state index in [9.17, 15) is 14.7 Å². The number of ketones is 1. The van der Waals surface area contributed by atoms with E-state index in [1.165, 1.54) is 30.9 Å². The maximum atomic E-state index is 11.6. The highest BCUT2D eigenvalue weighted by Gasteiger charge is 2.27. The number of nitrogens with one attached hydrogen (secondary N) is 1. The van der Waals surface area contributed by atoms with Crippen molar-refractivity contribution in [1.29, 1.82) is 0 Å². The summed E-state index contributed by atoms with van der Waals surface area (Å²) in [5.41, 5.74) is -1.65. The van der Waals surface area contributed by atoms with Crippen molar-refractivity contribution in [2.24, 2.45) is 0 Å². The second-order valence-electron chi connectivity index (χ2n) is 5.88. The van der Waals surface area contributed by atoms with Crippen LogP contribution in [0.4, 0.5) is 10.5 Å². The van der Waals surface area contributed by atoms with Gasteiger partial charge in [0.15, 0.2) is 5.78 Å². The summed E-state index contributed by atoms with van der Waals surface area (Å²) in [6.45, 7) is 12.0. The molecule has 0 unspecified atom stereocenters. The zero-order chi connectivity index (χ0) is 17.6. The van der Waals surface area contributed by atoms with E-state index < -0.39 is 17.3 Å². The normalized spacial score (nSPS) is 13.5. The zero-order valence-electron chi connectivity index (χ0n) is 14.4. The molecule has 1 amide bonds. The number of carbonyl (C=O) groups excluding carboxylic acids is 2. The first-order valence-electron chi connectivity index (χ1n) is 7.25. The van der Waals surface area contributed by atoms with Crippen LogP contribution in [0.2, 0.25) is 0 Å². The van der Waals surface area contributed by atoms with E-state index in [4.69, 9.17) is 4.74 Å². The summed E-state index contributed by atoms with van der Waals surface area (Å²) in [5, 5.41) is 16.4. The number of hydrogen-bond donors (Lipinski definition) is 2. The van der Waals surface area contributed by atoms with Gasteiger partial charge < -0.3 is 9.84 Å². The maximum Gasteiger partial charge on any atom is 0.412 e. The number of hydrogen-bond acceptors (Lipinski definition) is 5. The van der Waals surface area contributed by atoms with Crippen LogP contribution < -0.4 is 5.32 Å². The van der Waals surface area contributed by atoms with Crippen molar-refractivity contribution in [2.45, 2.75) is 66.2 Å². The molecular formula is C15H27N3O4. The van der Waals surface area contributed by atoms with E-state index >= 15 is 0 Å². The van der Waals surface area contributed by atoms with Crippen LogP contribution in [0.25, 0.3) is 0 Å². The minimum absolute atomic E-state index is 0.0122. The number of aliphatic hydroxyl groups is 1. The average Bonchev–Trinajstić information content (AvgIpc) is 2.75. The van der Waals surface area contributed by atoms with E-state index in [0.29, 0.717) is 5.69 Å². The van der Waals surface area contributed by atoms with Crippen molar-refractivity contribution in [3.63, 3.8) is 0 Å². The molecule has 1 aromatic heterocycles. The maximum absolute atomic E-state index is 11.6. The van der Waals surface area contributed by atoms with Crippen molar-refractivity contribution in [2.75, 3.05) is 5.32 Å². The molecule has 0 aliphatic rings. The Kier molecular flexibility index (Phi) is 7.25. The van der Waals surface area contributed by atoms with Gasteiger partial charge >= 0.3 is 6.09 Å². The molecular weight excluding hydrogens is 286 g/mol. The molecule has 7 heteroatoms. The van der Waals surface area contributed by atoms with Crippen molar-refractivity contribution in [3.05, 3.63) is 12.4 Å². The quantitative estimate of drug-likeness (QED) is 0.891. The zero-order valence-corrected chi connectivity index (χ0v) is 14.4. The molecule has 22 heavy (non-hydrogen) atoms. The average molecular weight is 313 g/mol. The van der Waals surface area contributed by atoms with Gasteiger partial charge in [0.2, 0.25) is 0 Å². The first-order chi connectivity index (χ1) is 9.99. The van der Waals surface area contributed by atoms with Gasteiger partial charge in [0.1, 0.15) is 11.2 Å². The smallest absolute Gasteiger partial charge is 0.412 e. The molecule has 1 heterocycles. The number of aromatic nitrogens is 2. The van der Waals surface area contributed by atoms with E-state index in [1.807, 2.05) is 13.8 Å². The van der Waals surface area contributed by atoms with Gasteiger partial charge in [-0.25, -0.2) is 4.79 Å². The fraction of sp³-hybridized carbons (Fsp3) is 0.667. The Balaban J connectivity index is 0.00000211. The highest BCUT2D eigenvalue weighted by atomic mass is 16.6. The van der Waals surface area contributed by atoms with Crippen LogP contribution in [0.5, 0.6) is 0 Å². The summed E-state index contributed by atoms with van der Waals surface area (Å²) in [7, 11) is 0. The molecule has 0 saturated carbocycles. The second kappa shape index (κ2) is 7.93. The molecule has 126 valence electrons. The third kappa shape index (κ3) is 7.21. The molecule has 0 aromatic carbocycles. The summed E-state index contributed by atoms with van der Waals surface area (Å²) in [5.74, 6) is -0.352. The van der Waals surface area contributed by atoms with Gasteiger partial charge in [0.25, 0.3) is 0 Å². The Bertz CT molecular complexity index is 501. The Morgan fingerprint density at radius 3 is 2.32 bits per heavy atom. The molecule has 0 aliphatic heterocycles. The van der Waals surface area contributed by atoms with Crippen molar-refractivity contribution in [3.8, 4) is 0 Å². The Labute approximate surface area is 131 Å². The number of ether oxygens (including phenoxy) is 1. The Morgan fingerprint density at radius 1 is 1.32 bits per heavy atom. The highest BCUT2D eigenvalue weighted by Crippen LogP contribution is 2.13. The predicted octanol–water partition coefficient (Wildman–Crippen LogP) is 2.60. The number of nitrogens with zero attached hydrogens (tertiary/aromatic N) is 2. The lowest BCUT2D eigenvalue weighted by Crippen LogP contribution is -2.38. The molecule has 1 atom stereocenters. The molecule has 0 aliphatic carbocycles. The highest BCUT2D eigenvalue weighted by molar-refractivity contribution is 5.85. The monoisotopic (exact) mass is 313 g/mol. The lowest BCUT2D eigenvalue weighted by molar-refractivity contribution is -0.134. The molecule has 0 spiro atoms. The minimum Gasteiger partial charge on any atom is -0.444 e. The first kappa shape index (κ1) is 20.1. The number of Topliss-reactive ketones (excluding diaryl/α,β-unsaturated/α-hetero) is 1. The van der Waals surface area contributed by atoms with Gasteiger partial charge in [-0.2, -0.15) is 5.10 Å². The lowest BCUT2D eigenvalue weighted by atomic mass is 10.0. The van der Waals surface area contributed by atoms with Crippen LogP contribution >= 0.6 is 0 Å². The van der Waals surface area contributed by atoms with E-state index in [2.05, 4.69) is 10.4 Å². The summed E-state index contributed by atoms with van der Waals surface area (Å²) < 4.78 is 6.48. The Morgan fingerprint density at radius 2 is 1.86 bits per heavy atom. The van der Waals surface area contributed by atoms with E-state index in [0.717, 1.165) is 0 Å². The molecule has 2 N–H and O–H groups in total. The summed E-state index contributed by atoms with van der Waals surface area (Å²) in [4.78, 5) is 22.8. The van der Waals surface area contributed by atoms with Crippen molar-refractivity contribution in [1.82, 2.24) is 9.78 Å². The number of amides is 1. The number of carbonyl (C=O) groups is 2. The van der Waals surface area contributed by atoms with Crippen LogP contribution in [-0.2, 0) is 16.1 Å². The largest absolute Gasteiger partial charge is 0.444 e. The van der Waals surface area contributed by atoms with Crippen molar-refractivity contribution >= 4 is 17.6 Å². The molecule has 0 saturated heterocycles. The van der Waals surface area contributed by atoms with Gasteiger partial charge in [-0.3, -0.25) is 14.8 Å². The molecule has 0 radical (unpaired) electrons. The molecule has 1 rings (SSSR count). The minimum atomic E-state index is -1.49. The van der Waals surface area contributed by atoms with Crippen LogP contribution in [0.1, 0.15) is 48.5 Å². The van der Waals surface area contributed by atoms with Crippen LogP contribution in [0.15, 0.2) is 12.4 Å². The van der Waals surface area contributed by atoms with Gasteiger partial charge in [0, 0.05) is 6.20 Å². The molecule has 0 bridgehead atoms. The molecule has 1 aromatic rings. The fourth-order valence-electron chi connectivity index (χ4n) is 1.36. The first-order valence-corrected chi connectivity index (χ1v) is 7.25. The summed E-state index contributed by atoms with van der Waals surface area (Å²) in [6, 6.07) is 0.